The van der Waals surface area contributed by atoms with Crippen LogP contribution in [-0.2, 0) is 5.41 Å². The first kappa shape index (κ1) is 14.3. The number of fused-ring (bicyclic) bond motifs is 1. The van der Waals surface area contributed by atoms with Gasteiger partial charge in [-0.3, -0.25) is 4.79 Å². The van der Waals surface area contributed by atoms with Crippen LogP contribution in [0.25, 0.3) is 0 Å². The highest BCUT2D eigenvalue weighted by Gasteiger charge is 2.32. The molecule has 0 atom stereocenters. The van der Waals surface area contributed by atoms with Crippen LogP contribution in [0, 0.1) is 5.82 Å². The zero-order valence-electron chi connectivity index (χ0n) is 11.7. The summed E-state index contributed by atoms with van der Waals surface area (Å²) in [7, 11) is 0. The van der Waals surface area contributed by atoms with E-state index in [1.54, 1.807) is 12.1 Å². The van der Waals surface area contributed by atoms with Crippen molar-refractivity contribution in [3.63, 3.8) is 0 Å². The van der Waals surface area contributed by atoms with Gasteiger partial charge in [-0.25, -0.2) is 4.39 Å². The van der Waals surface area contributed by atoms with Crippen LogP contribution in [0.4, 0.5) is 4.39 Å². The van der Waals surface area contributed by atoms with Gasteiger partial charge >= 0.3 is 0 Å². The van der Waals surface area contributed by atoms with Gasteiger partial charge in [-0.1, -0.05) is 29.8 Å². The molecule has 0 fully saturated rings. The normalized spacial score (nSPS) is 15.4. The molecular weight excluding hydrogens is 335 g/mol. The lowest BCUT2D eigenvalue weighted by Gasteiger charge is -2.15. The summed E-state index contributed by atoms with van der Waals surface area (Å²) < 4.78 is 19.6. The van der Waals surface area contributed by atoms with Gasteiger partial charge in [0, 0.05) is 26.6 Å². The zero-order chi connectivity index (χ0) is 15.2. The molecule has 0 amide bonds. The van der Waals surface area contributed by atoms with Gasteiger partial charge in [0.2, 0.25) is 0 Å². The fourth-order valence-corrected chi connectivity index (χ4v) is 2.98. The largest absolute Gasteiger partial charge is 0.492 e. The van der Waals surface area contributed by atoms with Crippen molar-refractivity contribution >= 4 is 21.7 Å². The Morgan fingerprint density at radius 1 is 1.19 bits per heavy atom. The van der Waals surface area contributed by atoms with E-state index in [4.69, 9.17) is 4.74 Å². The number of hydrogen-bond donors (Lipinski definition) is 0. The van der Waals surface area contributed by atoms with Gasteiger partial charge in [-0.05, 0) is 36.4 Å². The number of benzene rings is 2. The molecule has 1 heterocycles. The van der Waals surface area contributed by atoms with Crippen molar-refractivity contribution in [2.45, 2.75) is 19.3 Å². The number of ketones is 1. The van der Waals surface area contributed by atoms with E-state index >= 15 is 0 Å². The molecule has 0 aromatic heterocycles. The number of hydrogen-bond acceptors (Lipinski definition) is 2. The van der Waals surface area contributed by atoms with E-state index in [9.17, 15) is 9.18 Å². The van der Waals surface area contributed by atoms with Crippen molar-refractivity contribution in [2.75, 3.05) is 6.61 Å². The monoisotopic (exact) mass is 348 g/mol. The number of halogens is 2. The Morgan fingerprint density at radius 3 is 2.67 bits per heavy atom. The SMILES string of the molecule is CC1(C)COc2ccc(C(=O)c3cc(F)cc(Br)c3)cc21. The van der Waals surface area contributed by atoms with Crippen molar-refractivity contribution in [1.82, 2.24) is 0 Å². The molecule has 0 saturated carbocycles. The van der Waals surface area contributed by atoms with Crippen molar-refractivity contribution in [3.8, 4) is 5.75 Å². The summed E-state index contributed by atoms with van der Waals surface area (Å²) in [6.07, 6.45) is 0. The van der Waals surface area contributed by atoms with E-state index in [0.717, 1.165) is 11.3 Å². The molecule has 1 aliphatic rings. The van der Waals surface area contributed by atoms with Gasteiger partial charge in [0.1, 0.15) is 11.6 Å². The van der Waals surface area contributed by atoms with E-state index in [1.165, 1.54) is 12.1 Å². The van der Waals surface area contributed by atoms with E-state index < -0.39 is 5.82 Å². The molecule has 0 bridgehead atoms. The minimum atomic E-state index is -0.433. The molecule has 108 valence electrons. The number of rotatable bonds is 2. The van der Waals surface area contributed by atoms with Crippen LogP contribution >= 0.6 is 15.9 Å². The Kier molecular flexibility index (Phi) is 3.36. The third kappa shape index (κ3) is 2.60. The maximum atomic E-state index is 13.4. The fourth-order valence-electron chi connectivity index (χ4n) is 2.51. The maximum absolute atomic E-state index is 13.4. The number of ether oxygens (including phenoxy) is 1. The summed E-state index contributed by atoms with van der Waals surface area (Å²) in [4.78, 5) is 12.5. The molecule has 0 aliphatic carbocycles. The Labute approximate surface area is 131 Å². The lowest BCUT2D eigenvalue weighted by atomic mass is 9.85. The van der Waals surface area contributed by atoms with Crippen LogP contribution in [0.5, 0.6) is 5.75 Å². The molecule has 1 aliphatic heterocycles. The second-order valence-electron chi connectivity index (χ2n) is 5.87. The summed E-state index contributed by atoms with van der Waals surface area (Å²) >= 11 is 3.21. The molecule has 0 N–H and O–H groups in total. The second kappa shape index (κ2) is 4.95. The first-order valence-electron chi connectivity index (χ1n) is 6.65. The van der Waals surface area contributed by atoms with Gasteiger partial charge < -0.3 is 4.74 Å². The van der Waals surface area contributed by atoms with E-state index in [0.29, 0.717) is 22.2 Å². The third-order valence-electron chi connectivity index (χ3n) is 3.68. The van der Waals surface area contributed by atoms with Gasteiger partial charge in [-0.15, -0.1) is 0 Å². The molecule has 3 rings (SSSR count). The Hall–Kier alpha value is -1.68. The minimum Gasteiger partial charge on any atom is -0.492 e. The Morgan fingerprint density at radius 2 is 1.95 bits per heavy atom. The Balaban J connectivity index is 2.03. The fraction of sp³-hybridized carbons (Fsp3) is 0.235. The van der Waals surface area contributed by atoms with Gasteiger partial charge in [0.15, 0.2) is 5.78 Å². The van der Waals surface area contributed by atoms with Crippen LogP contribution in [0.1, 0.15) is 35.3 Å². The molecule has 21 heavy (non-hydrogen) atoms. The van der Waals surface area contributed by atoms with Crippen molar-refractivity contribution in [1.29, 1.82) is 0 Å². The highest BCUT2D eigenvalue weighted by Crippen LogP contribution is 2.39. The lowest BCUT2D eigenvalue weighted by Crippen LogP contribution is -2.18. The van der Waals surface area contributed by atoms with Crippen LogP contribution < -0.4 is 4.74 Å². The molecule has 0 spiro atoms. The average molecular weight is 349 g/mol. The Bertz CT molecular complexity index is 717. The minimum absolute atomic E-state index is 0.117. The molecular formula is C17H14BrFO2. The van der Waals surface area contributed by atoms with E-state index in [1.807, 2.05) is 12.1 Å². The molecule has 2 nitrogen and oxygen atoms in total. The summed E-state index contributed by atoms with van der Waals surface area (Å²) in [5.41, 5.74) is 1.78. The third-order valence-corrected chi connectivity index (χ3v) is 4.14. The molecule has 4 heteroatoms. The zero-order valence-corrected chi connectivity index (χ0v) is 13.3. The first-order chi connectivity index (χ1) is 9.87. The highest BCUT2D eigenvalue weighted by molar-refractivity contribution is 9.10. The van der Waals surface area contributed by atoms with Crippen LogP contribution in [0.15, 0.2) is 40.9 Å². The lowest BCUT2D eigenvalue weighted by molar-refractivity contribution is 0.103. The van der Waals surface area contributed by atoms with Gasteiger partial charge in [0.05, 0.1) is 6.61 Å². The summed E-state index contributed by atoms with van der Waals surface area (Å²) in [5, 5.41) is 0. The average Bonchev–Trinajstić information content (AvgIpc) is 2.72. The van der Waals surface area contributed by atoms with Crippen LogP contribution in [0.2, 0.25) is 0 Å². The summed E-state index contributed by atoms with van der Waals surface area (Å²) in [5.74, 6) is 0.190. The summed E-state index contributed by atoms with van der Waals surface area (Å²) in [6, 6.07) is 9.59. The molecule has 2 aromatic rings. The number of carbonyl (C=O) groups is 1. The van der Waals surface area contributed by atoms with Crippen LogP contribution in [-0.4, -0.2) is 12.4 Å². The quantitative estimate of drug-likeness (QED) is 0.747. The van der Waals surface area contributed by atoms with Crippen molar-refractivity contribution < 1.29 is 13.9 Å². The van der Waals surface area contributed by atoms with Crippen LogP contribution in [0.3, 0.4) is 0 Å². The molecule has 0 unspecified atom stereocenters. The molecule has 0 radical (unpaired) electrons. The van der Waals surface area contributed by atoms with Crippen molar-refractivity contribution in [3.05, 3.63) is 63.4 Å². The topological polar surface area (TPSA) is 26.3 Å². The predicted molar refractivity (Wildman–Crippen MR) is 82.5 cm³/mol. The van der Waals surface area contributed by atoms with Gasteiger partial charge in [-0.2, -0.15) is 0 Å². The smallest absolute Gasteiger partial charge is 0.193 e. The van der Waals surface area contributed by atoms with Crippen molar-refractivity contribution in [2.24, 2.45) is 0 Å². The van der Waals surface area contributed by atoms with E-state index in [-0.39, 0.29) is 11.2 Å². The van der Waals surface area contributed by atoms with Gasteiger partial charge in [0.25, 0.3) is 0 Å². The highest BCUT2D eigenvalue weighted by atomic mass is 79.9. The number of carbonyl (C=O) groups excluding carboxylic acids is 1. The molecule has 2 aromatic carbocycles. The van der Waals surface area contributed by atoms with E-state index in [2.05, 4.69) is 29.8 Å². The first-order valence-corrected chi connectivity index (χ1v) is 7.44. The standard InChI is InChI=1S/C17H14BrFO2/c1-17(2)9-21-15-4-3-10(7-14(15)17)16(20)11-5-12(18)8-13(19)6-11/h3-8H,9H2,1-2H3. The predicted octanol–water partition coefficient (Wildman–Crippen LogP) is 4.49. The summed E-state index contributed by atoms with van der Waals surface area (Å²) in [6.45, 7) is 4.75. The maximum Gasteiger partial charge on any atom is 0.193 e. The second-order valence-corrected chi connectivity index (χ2v) is 6.79. The molecule has 0 saturated heterocycles.